The predicted molar refractivity (Wildman–Crippen MR) is 47.1 cm³/mol. The summed E-state index contributed by atoms with van der Waals surface area (Å²) in [4.78, 5) is 21.8. The zero-order chi connectivity index (χ0) is 10.3. The van der Waals surface area contributed by atoms with E-state index in [1.54, 1.807) is 6.92 Å². The van der Waals surface area contributed by atoms with Crippen molar-refractivity contribution in [3.8, 4) is 0 Å². The molecule has 0 saturated carbocycles. The van der Waals surface area contributed by atoms with Crippen molar-refractivity contribution in [3.63, 3.8) is 0 Å². The number of carbonyl (C=O) groups excluding carboxylic acids is 2. The first kappa shape index (κ1) is 12.1. The van der Waals surface area contributed by atoms with Crippen molar-refractivity contribution in [3.05, 3.63) is 0 Å². The molecule has 0 aliphatic rings. The second-order valence-electron chi connectivity index (χ2n) is 2.61. The van der Waals surface area contributed by atoms with Gasteiger partial charge in [0, 0.05) is 20.0 Å². The molecule has 0 amide bonds. The van der Waals surface area contributed by atoms with Crippen LogP contribution < -0.4 is 0 Å². The van der Waals surface area contributed by atoms with Crippen molar-refractivity contribution in [2.45, 2.75) is 39.9 Å². The molecule has 4 nitrogen and oxygen atoms in total. The number of hydrogen-bond donors (Lipinski definition) is 0. The molecular weight excluding hydrogens is 172 g/mol. The lowest BCUT2D eigenvalue weighted by Crippen LogP contribution is -2.29. The molecule has 0 aliphatic heterocycles. The van der Waals surface area contributed by atoms with Crippen molar-refractivity contribution in [1.82, 2.24) is 0 Å². The van der Waals surface area contributed by atoms with Crippen LogP contribution in [0.1, 0.15) is 33.6 Å². The summed E-state index contributed by atoms with van der Waals surface area (Å²) in [5, 5.41) is 0. The van der Waals surface area contributed by atoms with Gasteiger partial charge in [0.05, 0.1) is 0 Å². The Balaban J connectivity index is 4.06. The quantitative estimate of drug-likeness (QED) is 0.465. The average molecular weight is 188 g/mol. The van der Waals surface area contributed by atoms with E-state index in [0.29, 0.717) is 13.0 Å². The first-order chi connectivity index (χ1) is 6.11. The largest absolute Gasteiger partial charge is 0.428 e. The zero-order valence-corrected chi connectivity index (χ0v) is 8.33. The number of ether oxygens (including phenoxy) is 2. The Labute approximate surface area is 78.2 Å². The Kier molecular flexibility index (Phi) is 6.14. The minimum absolute atomic E-state index is 0.181. The van der Waals surface area contributed by atoms with Gasteiger partial charge < -0.3 is 9.47 Å². The van der Waals surface area contributed by atoms with Crippen LogP contribution in [0.2, 0.25) is 0 Å². The maximum Gasteiger partial charge on any atom is 0.305 e. The number of carbonyl (C=O) groups is 2. The molecule has 4 heteroatoms. The minimum atomic E-state index is -1.01. The molecule has 0 aliphatic carbocycles. The first-order valence-corrected chi connectivity index (χ1v) is 4.43. The van der Waals surface area contributed by atoms with Gasteiger partial charge in [0.1, 0.15) is 0 Å². The van der Waals surface area contributed by atoms with Gasteiger partial charge in [-0.3, -0.25) is 9.59 Å². The molecule has 13 heavy (non-hydrogen) atoms. The highest BCUT2D eigenvalue weighted by Gasteiger charge is 2.20. The van der Waals surface area contributed by atoms with Crippen molar-refractivity contribution >= 4 is 11.8 Å². The molecule has 0 N–H and O–H groups in total. The maximum absolute atomic E-state index is 11.3. The van der Waals surface area contributed by atoms with E-state index in [2.05, 4.69) is 0 Å². The Morgan fingerprint density at radius 1 is 1.31 bits per heavy atom. The Hall–Kier alpha value is -0.900. The SMILES string of the molecule is CCCC(=O)C(OCC)OC(C)=O. The maximum atomic E-state index is 11.3. The topological polar surface area (TPSA) is 52.6 Å². The Morgan fingerprint density at radius 3 is 2.31 bits per heavy atom. The fourth-order valence-corrected chi connectivity index (χ4v) is 0.859. The summed E-state index contributed by atoms with van der Waals surface area (Å²) >= 11 is 0. The Morgan fingerprint density at radius 2 is 1.92 bits per heavy atom. The molecule has 0 aromatic rings. The second kappa shape index (κ2) is 6.60. The highest BCUT2D eigenvalue weighted by Crippen LogP contribution is 2.02. The van der Waals surface area contributed by atoms with E-state index in [-0.39, 0.29) is 5.78 Å². The summed E-state index contributed by atoms with van der Waals surface area (Å²) in [6.45, 7) is 5.24. The average Bonchev–Trinajstić information content (AvgIpc) is 2.03. The van der Waals surface area contributed by atoms with Crippen LogP contribution in [0.5, 0.6) is 0 Å². The smallest absolute Gasteiger partial charge is 0.305 e. The molecule has 76 valence electrons. The van der Waals surface area contributed by atoms with Gasteiger partial charge in [-0.15, -0.1) is 0 Å². The van der Waals surface area contributed by atoms with Crippen molar-refractivity contribution < 1.29 is 19.1 Å². The normalized spacial score (nSPS) is 12.2. The van der Waals surface area contributed by atoms with Crippen LogP contribution in [0.15, 0.2) is 0 Å². The van der Waals surface area contributed by atoms with Crippen molar-refractivity contribution in [2.75, 3.05) is 6.61 Å². The molecule has 1 atom stereocenters. The van der Waals surface area contributed by atoms with Gasteiger partial charge in [-0.25, -0.2) is 0 Å². The fraction of sp³-hybridized carbons (Fsp3) is 0.778. The fourth-order valence-electron chi connectivity index (χ4n) is 0.859. The molecule has 0 aromatic carbocycles. The van der Waals surface area contributed by atoms with Gasteiger partial charge in [-0.05, 0) is 13.3 Å². The highest BCUT2D eigenvalue weighted by molar-refractivity contribution is 5.83. The lowest BCUT2D eigenvalue weighted by atomic mass is 10.2. The first-order valence-electron chi connectivity index (χ1n) is 4.43. The van der Waals surface area contributed by atoms with E-state index in [4.69, 9.17) is 9.47 Å². The van der Waals surface area contributed by atoms with Gasteiger partial charge >= 0.3 is 5.97 Å². The van der Waals surface area contributed by atoms with Crippen LogP contribution in [0.3, 0.4) is 0 Å². The summed E-state index contributed by atoms with van der Waals surface area (Å²) in [5.41, 5.74) is 0. The van der Waals surface area contributed by atoms with E-state index in [1.165, 1.54) is 6.92 Å². The van der Waals surface area contributed by atoms with E-state index >= 15 is 0 Å². The van der Waals surface area contributed by atoms with E-state index in [9.17, 15) is 9.59 Å². The summed E-state index contributed by atoms with van der Waals surface area (Å²) in [7, 11) is 0. The molecule has 0 bridgehead atoms. The molecule has 0 fully saturated rings. The number of esters is 1. The number of hydrogen-bond acceptors (Lipinski definition) is 4. The predicted octanol–water partition coefficient (Wildman–Crippen LogP) is 1.28. The number of rotatable bonds is 6. The summed E-state index contributed by atoms with van der Waals surface area (Å²) in [6, 6.07) is 0. The van der Waals surface area contributed by atoms with Crippen molar-refractivity contribution in [2.24, 2.45) is 0 Å². The van der Waals surface area contributed by atoms with Gasteiger partial charge in [0.25, 0.3) is 6.29 Å². The monoisotopic (exact) mass is 188 g/mol. The molecule has 0 saturated heterocycles. The number of ketones is 1. The van der Waals surface area contributed by atoms with Crippen LogP contribution in [0.4, 0.5) is 0 Å². The van der Waals surface area contributed by atoms with Gasteiger partial charge in [-0.1, -0.05) is 6.92 Å². The van der Waals surface area contributed by atoms with Crippen LogP contribution in [0.25, 0.3) is 0 Å². The van der Waals surface area contributed by atoms with E-state index < -0.39 is 12.3 Å². The molecule has 1 unspecified atom stereocenters. The standard InChI is InChI=1S/C9H16O4/c1-4-6-8(11)9(12-5-2)13-7(3)10/h9H,4-6H2,1-3H3. The zero-order valence-electron chi connectivity index (χ0n) is 8.33. The van der Waals surface area contributed by atoms with Crippen LogP contribution in [-0.2, 0) is 19.1 Å². The lowest BCUT2D eigenvalue weighted by molar-refractivity contribution is -0.182. The molecule has 0 rings (SSSR count). The highest BCUT2D eigenvalue weighted by atomic mass is 16.7. The third-order valence-corrected chi connectivity index (χ3v) is 1.35. The Bertz CT molecular complexity index is 176. The molecule has 0 spiro atoms. The van der Waals surface area contributed by atoms with Gasteiger partial charge in [0.15, 0.2) is 0 Å². The third kappa shape index (κ3) is 5.36. The second-order valence-corrected chi connectivity index (χ2v) is 2.61. The summed E-state index contributed by atoms with van der Waals surface area (Å²) < 4.78 is 9.67. The summed E-state index contributed by atoms with van der Waals surface area (Å²) in [5.74, 6) is -0.678. The van der Waals surface area contributed by atoms with E-state index in [1.807, 2.05) is 6.92 Å². The summed E-state index contributed by atoms with van der Waals surface area (Å²) in [6.07, 6.45) is 0.0872. The van der Waals surface area contributed by atoms with Crippen molar-refractivity contribution in [1.29, 1.82) is 0 Å². The molecule has 0 radical (unpaired) electrons. The molecule has 0 aromatic heterocycles. The van der Waals surface area contributed by atoms with Crippen LogP contribution in [-0.4, -0.2) is 24.6 Å². The number of Topliss-reactive ketones (excluding diaryl/α,β-unsaturated/α-hetero) is 1. The molecular formula is C9H16O4. The van der Waals surface area contributed by atoms with Crippen LogP contribution in [0, 0.1) is 0 Å². The van der Waals surface area contributed by atoms with Crippen LogP contribution >= 0.6 is 0 Å². The molecule has 0 heterocycles. The lowest BCUT2D eigenvalue weighted by Gasteiger charge is -2.14. The van der Waals surface area contributed by atoms with Gasteiger partial charge in [0.2, 0.25) is 5.78 Å². The van der Waals surface area contributed by atoms with Gasteiger partial charge in [-0.2, -0.15) is 0 Å². The third-order valence-electron chi connectivity index (χ3n) is 1.35. The van der Waals surface area contributed by atoms with E-state index in [0.717, 1.165) is 6.42 Å². The minimum Gasteiger partial charge on any atom is -0.428 e.